The molecule has 7 nitrogen and oxygen atoms in total. The maximum atomic E-state index is 12.5. The Balaban J connectivity index is 1.82. The number of benzene rings is 1. The van der Waals surface area contributed by atoms with Gasteiger partial charge in [-0.15, -0.1) is 0 Å². The second-order valence-corrected chi connectivity index (χ2v) is 5.57. The molecule has 0 bridgehead atoms. The predicted molar refractivity (Wildman–Crippen MR) is 91.1 cm³/mol. The molecule has 0 aliphatic carbocycles. The summed E-state index contributed by atoms with van der Waals surface area (Å²) in [4.78, 5) is 22.1. The number of rotatable bonds is 6. The number of carbonyl (C=O) groups excluding carboxylic acids is 1. The third-order valence-electron chi connectivity index (χ3n) is 3.46. The van der Waals surface area contributed by atoms with Gasteiger partial charge in [0, 0.05) is 11.9 Å². The Morgan fingerprint density at radius 1 is 1.15 bits per heavy atom. The number of hydrogen-bond acceptors (Lipinski definition) is 5. The van der Waals surface area contributed by atoms with Crippen molar-refractivity contribution in [2.24, 2.45) is 5.73 Å². The summed E-state index contributed by atoms with van der Waals surface area (Å²) in [5.41, 5.74) is 6.90. The van der Waals surface area contributed by atoms with Gasteiger partial charge in [0.15, 0.2) is 0 Å². The first-order valence-electron chi connectivity index (χ1n) is 7.60. The average Bonchev–Trinajstić information content (AvgIpc) is 3.02. The molecule has 1 amide bonds. The number of anilines is 3. The lowest BCUT2D eigenvalue weighted by molar-refractivity contribution is -0.117. The number of H-pyrrole nitrogens is 1. The van der Waals surface area contributed by atoms with Crippen LogP contribution < -0.4 is 16.4 Å². The van der Waals surface area contributed by atoms with E-state index in [1.54, 1.807) is 36.5 Å². The summed E-state index contributed by atoms with van der Waals surface area (Å²) < 4.78 is 37.4. The van der Waals surface area contributed by atoms with Gasteiger partial charge in [-0.2, -0.15) is 23.1 Å². The first-order valence-corrected chi connectivity index (χ1v) is 7.60. The van der Waals surface area contributed by atoms with E-state index in [2.05, 4.69) is 25.6 Å². The number of carbonyl (C=O) groups is 1. The largest absolute Gasteiger partial charge is 0.405 e. The van der Waals surface area contributed by atoms with Crippen LogP contribution in [0.3, 0.4) is 0 Å². The minimum atomic E-state index is -4.36. The lowest BCUT2D eigenvalue weighted by atomic mass is 10.1. The van der Waals surface area contributed by atoms with E-state index in [-0.39, 0.29) is 18.2 Å². The zero-order valence-corrected chi connectivity index (χ0v) is 13.4. The fourth-order valence-corrected chi connectivity index (χ4v) is 2.35. The molecule has 1 aromatic carbocycles. The van der Waals surface area contributed by atoms with E-state index < -0.39 is 18.6 Å². The molecule has 0 aliphatic heterocycles. The molecule has 0 spiro atoms. The molecule has 0 unspecified atom stereocenters. The molecule has 3 aromatic rings. The summed E-state index contributed by atoms with van der Waals surface area (Å²) in [5.74, 6) is -0.236. The Hall–Kier alpha value is -3.30. The molecule has 5 N–H and O–H groups in total. The highest BCUT2D eigenvalue weighted by Gasteiger charge is 2.27. The summed E-state index contributed by atoms with van der Waals surface area (Å²) in [5, 5.41) is 5.66. The van der Waals surface area contributed by atoms with Gasteiger partial charge in [0.1, 0.15) is 18.0 Å². The second kappa shape index (κ2) is 6.90. The number of alkyl halides is 3. The van der Waals surface area contributed by atoms with Crippen LogP contribution in [0.4, 0.5) is 30.6 Å². The Labute approximate surface area is 145 Å². The number of nitrogens with two attached hydrogens (primary N) is 1. The number of aromatic amines is 1. The van der Waals surface area contributed by atoms with Crippen LogP contribution >= 0.6 is 0 Å². The standard InChI is InChI=1S/C16H15F3N6O/c17-16(18,19)8-22-14-11-5-6-21-13(11)24-15(25-14)23-10-3-1-9(2-4-10)7-12(20)26/h1-6H,7-8H2,(H2,20,26)(H3,21,22,23,24,25). The quantitative estimate of drug-likeness (QED) is 0.538. The number of amides is 1. The van der Waals surface area contributed by atoms with Crippen LogP contribution in [0.1, 0.15) is 5.56 Å². The predicted octanol–water partition coefficient (Wildman–Crippen LogP) is 2.70. The van der Waals surface area contributed by atoms with E-state index in [0.717, 1.165) is 5.56 Å². The van der Waals surface area contributed by atoms with E-state index >= 15 is 0 Å². The number of fused-ring (bicyclic) bond motifs is 1. The molecule has 2 heterocycles. The number of nitrogens with one attached hydrogen (secondary N) is 3. The average molecular weight is 364 g/mol. The minimum absolute atomic E-state index is 0.0708. The van der Waals surface area contributed by atoms with Gasteiger partial charge in [0.05, 0.1) is 11.8 Å². The number of primary amides is 1. The SMILES string of the molecule is NC(=O)Cc1ccc(Nc2nc(NCC(F)(F)F)c3cc[nH]c3n2)cc1. The minimum Gasteiger partial charge on any atom is -0.369 e. The van der Waals surface area contributed by atoms with Gasteiger partial charge in [-0.1, -0.05) is 12.1 Å². The molecule has 10 heteroatoms. The molecule has 0 saturated heterocycles. The van der Waals surface area contributed by atoms with Crippen molar-refractivity contribution in [3.63, 3.8) is 0 Å². The molecule has 0 atom stereocenters. The highest BCUT2D eigenvalue weighted by Crippen LogP contribution is 2.24. The molecule has 0 saturated carbocycles. The number of halogens is 3. The highest BCUT2D eigenvalue weighted by atomic mass is 19.4. The third kappa shape index (κ3) is 4.41. The van der Waals surface area contributed by atoms with E-state index in [1.165, 1.54) is 0 Å². The fourth-order valence-electron chi connectivity index (χ4n) is 2.35. The number of nitrogens with zero attached hydrogens (tertiary/aromatic N) is 2. The van der Waals surface area contributed by atoms with Crippen LogP contribution in [0.15, 0.2) is 36.5 Å². The van der Waals surface area contributed by atoms with Crippen LogP contribution in [0.25, 0.3) is 11.0 Å². The van der Waals surface area contributed by atoms with Gasteiger partial charge < -0.3 is 21.4 Å². The summed E-state index contributed by atoms with van der Waals surface area (Å²) in [6, 6.07) is 8.41. The van der Waals surface area contributed by atoms with Gasteiger partial charge in [0.25, 0.3) is 0 Å². The van der Waals surface area contributed by atoms with Gasteiger partial charge in [-0.25, -0.2) is 0 Å². The number of aromatic nitrogens is 3. The van der Waals surface area contributed by atoms with Crippen molar-refractivity contribution in [1.82, 2.24) is 15.0 Å². The Bertz CT molecular complexity index is 920. The summed E-state index contributed by atoms with van der Waals surface area (Å²) >= 11 is 0. The van der Waals surface area contributed by atoms with Crippen LogP contribution in [-0.2, 0) is 11.2 Å². The zero-order valence-electron chi connectivity index (χ0n) is 13.4. The summed E-state index contributed by atoms with van der Waals surface area (Å²) in [6.07, 6.45) is -2.67. The molecule has 136 valence electrons. The Morgan fingerprint density at radius 2 is 1.88 bits per heavy atom. The number of hydrogen-bond donors (Lipinski definition) is 4. The van der Waals surface area contributed by atoms with E-state index in [0.29, 0.717) is 16.7 Å². The molecule has 0 fully saturated rings. The Morgan fingerprint density at radius 3 is 2.54 bits per heavy atom. The summed E-state index contributed by atoms with van der Waals surface area (Å²) in [6.45, 7) is -1.20. The Kier molecular flexibility index (Phi) is 4.65. The fraction of sp³-hybridized carbons (Fsp3) is 0.188. The van der Waals surface area contributed by atoms with Gasteiger partial charge in [-0.3, -0.25) is 4.79 Å². The van der Waals surface area contributed by atoms with Crippen LogP contribution in [0, 0.1) is 0 Å². The smallest absolute Gasteiger partial charge is 0.369 e. The first kappa shape index (κ1) is 17.5. The maximum absolute atomic E-state index is 12.5. The van der Waals surface area contributed by atoms with Crippen LogP contribution in [-0.4, -0.2) is 33.6 Å². The van der Waals surface area contributed by atoms with Gasteiger partial charge >= 0.3 is 6.18 Å². The lowest BCUT2D eigenvalue weighted by Crippen LogP contribution is -2.22. The van der Waals surface area contributed by atoms with E-state index in [9.17, 15) is 18.0 Å². The zero-order chi connectivity index (χ0) is 18.7. The van der Waals surface area contributed by atoms with Crippen LogP contribution in [0.2, 0.25) is 0 Å². The third-order valence-corrected chi connectivity index (χ3v) is 3.46. The molecule has 3 rings (SSSR count). The first-order chi connectivity index (χ1) is 12.3. The molecule has 0 aliphatic rings. The van der Waals surface area contributed by atoms with Crippen molar-refractivity contribution >= 4 is 34.4 Å². The maximum Gasteiger partial charge on any atom is 0.405 e. The van der Waals surface area contributed by atoms with Crippen molar-refractivity contribution in [3.8, 4) is 0 Å². The highest BCUT2D eigenvalue weighted by molar-refractivity contribution is 5.88. The normalized spacial score (nSPS) is 11.5. The monoisotopic (exact) mass is 364 g/mol. The van der Waals surface area contributed by atoms with Gasteiger partial charge in [0.2, 0.25) is 11.9 Å². The molecule has 2 aromatic heterocycles. The molecule has 26 heavy (non-hydrogen) atoms. The lowest BCUT2D eigenvalue weighted by Gasteiger charge is -2.12. The molecule has 0 radical (unpaired) electrons. The molecular formula is C16H15F3N6O. The van der Waals surface area contributed by atoms with Crippen molar-refractivity contribution in [2.75, 3.05) is 17.2 Å². The van der Waals surface area contributed by atoms with Crippen molar-refractivity contribution < 1.29 is 18.0 Å². The van der Waals surface area contributed by atoms with Crippen molar-refractivity contribution in [3.05, 3.63) is 42.1 Å². The van der Waals surface area contributed by atoms with Crippen molar-refractivity contribution in [2.45, 2.75) is 12.6 Å². The summed E-state index contributed by atoms with van der Waals surface area (Å²) in [7, 11) is 0. The van der Waals surface area contributed by atoms with E-state index in [4.69, 9.17) is 5.73 Å². The molecular weight excluding hydrogens is 349 g/mol. The van der Waals surface area contributed by atoms with Crippen LogP contribution in [0.5, 0.6) is 0 Å². The topological polar surface area (TPSA) is 109 Å². The van der Waals surface area contributed by atoms with Gasteiger partial charge in [-0.05, 0) is 23.8 Å². The second-order valence-electron chi connectivity index (χ2n) is 5.57. The van der Waals surface area contributed by atoms with E-state index in [1.807, 2.05) is 0 Å². The van der Waals surface area contributed by atoms with Crippen molar-refractivity contribution in [1.29, 1.82) is 0 Å².